The smallest absolute Gasteiger partial charge is 0.408 e. The highest BCUT2D eigenvalue weighted by Crippen LogP contribution is 2.39. The second-order valence-electron chi connectivity index (χ2n) is 4.62. The van der Waals surface area contributed by atoms with Crippen molar-refractivity contribution in [3.05, 3.63) is 34.3 Å². The molecule has 4 nitrogen and oxygen atoms in total. The first-order valence-electron chi connectivity index (χ1n) is 5.49. The van der Waals surface area contributed by atoms with Crippen molar-refractivity contribution in [2.24, 2.45) is 12.8 Å². The lowest BCUT2D eigenvalue weighted by atomic mass is 9.73. The molecule has 4 heteroatoms. The van der Waals surface area contributed by atoms with Gasteiger partial charge in [-0.25, -0.2) is 4.79 Å². The van der Waals surface area contributed by atoms with Crippen molar-refractivity contribution in [1.82, 2.24) is 4.57 Å². The molecule has 1 aromatic carbocycles. The maximum atomic E-state index is 11.3. The number of aromatic nitrogens is 1. The normalized spacial score (nSPS) is 18.6. The molecule has 0 radical (unpaired) electrons. The monoisotopic (exact) mass is 218 g/mol. The third-order valence-electron chi connectivity index (χ3n) is 3.61. The number of benzene rings is 1. The molecule has 0 spiro atoms. The van der Waals surface area contributed by atoms with Crippen LogP contribution in [0, 0.1) is 0 Å². The SMILES string of the molecule is Cn1c(=O)oc2ccc(C3(N)CCC3)cc21. The second kappa shape index (κ2) is 2.98. The van der Waals surface area contributed by atoms with Gasteiger partial charge in [-0.05, 0) is 37.0 Å². The fourth-order valence-corrected chi connectivity index (χ4v) is 2.28. The first-order valence-corrected chi connectivity index (χ1v) is 5.49. The molecule has 1 fully saturated rings. The van der Waals surface area contributed by atoms with Crippen molar-refractivity contribution < 1.29 is 4.42 Å². The Labute approximate surface area is 92.7 Å². The van der Waals surface area contributed by atoms with Crippen LogP contribution in [0.25, 0.3) is 11.1 Å². The molecule has 16 heavy (non-hydrogen) atoms. The van der Waals surface area contributed by atoms with E-state index < -0.39 is 0 Å². The molecule has 2 N–H and O–H groups in total. The number of hydrogen-bond donors (Lipinski definition) is 1. The van der Waals surface area contributed by atoms with Crippen molar-refractivity contribution in [1.29, 1.82) is 0 Å². The molecule has 2 aromatic rings. The van der Waals surface area contributed by atoms with Gasteiger partial charge in [-0.2, -0.15) is 0 Å². The Bertz CT molecular complexity index is 605. The lowest BCUT2D eigenvalue weighted by Gasteiger charge is -2.38. The van der Waals surface area contributed by atoms with E-state index in [4.69, 9.17) is 10.2 Å². The van der Waals surface area contributed by atoms with Gasteiger partial charge in [-0.1, -0.05) is 6.07 Å². The van der Waals surface area contributed by atoms with E-state index in [0.717, 1.165) is 23.9 Å². The van der Waals surface area contributed by atoms with Crippen LogP contribution in [0.3, 0.4) is 0 Å². The van der Waals surface area contributed by atoms with Crippen LogP contribution in [0.5, 0.6) is 0 Å². The summed E-state index contributed by atoms with van der Waals surface area (Å²) in [5, 5.41) is 0. The van der Waals surface area contributed by atoms with E-state index in [9.17, 15) is 4.79 Å². The van der Waals surface area contributed by atoms with Crippen LogP contribution in [0.2, 0.25) is 0 Å². The van der Waals surface area contributed by atoms with E-state index in [1.807, 2.05) is 18.2 Å². The zero-order valence-corrected chi connectivity index (χ0v) is 9.19. The summed E-state index contributed by atoms with van der Waals surface area (Å²) in [6, 6.07) is 5.77. The summed E-state index contributed by atoms with van der Waals surface area (Å²) < 4.78 is 6.60. The molecule has 1 heterocycles. The van der Waals surface area contributed by atoms with Crippen LogP contribution in [-0.4, -0.2) is 4.57 Å². The Balaban J connectivity index is 2.22. The predicted molar refractivity (Wildman–Crippen MR) is 61.2 cm³/mol. The Morgan fingerprint density at radius 3 is 2.81 bits per heavy atom. The summed E-state index contributed by atoms with van der Waals surface area (Å²) >= 11 is 0. The Kier molecular flexibility index (Phi) is 1.80. The highest BCUT2D eigenvalue weighted by atomic mass is 16.4. The molecular weight excluding hydrogens is 204 g/mol. The quantitative estimate of drug-likeness (QED) is 0.788. The summed E-state index contributed by atoms with van der Waals surface area (Å²) in [7, 11) is 1.71. The van der Waals surface area contributed by atoms with Gasteiger partial charge in [-0.3, -0.25) is 4.57 Å². The van der Waals surface area contributed by atoms with E-state index >= 15 is 0 Å². The number of fused-ring (bicyclic) bond motifs is 1. The van der Waals surface area contributed by atoms with Crippen molar-refractivity contribution in [3.8, 4) is 0 Å². The number of hydrogen-bond acceptors (Lipinski definition) is 3. The van der Waals surface area contributed by atoms with Crippen molar-refractivity contribution in [2.45, 2.75) is 24.8 Å². The Hall–Kier alpha value is -1.55. The van der Waals surface area contributed by atoms with Crippen molar-refractivity contribution in [2.75, 3.05) is 0 Å². The van der Waals surface area contributed by atoms with E-state index in [-0.39, 0.29) is 11.3 Å². The van der Waals surface area contributed by atoms with Crippen LogP contribution in [0.1, 0.15) is 24.8 Å². The van der Waals surface area contributed by atoms with Gasteiger partial charge in [0, 0.05) is 12.6 Å². The van der Waals surface area contributed by atoms with Crippen molar-refractivity contribution >= 4 is 11.1 Å². The molecule has 0 unspecified atom stereocenters. The lowest BCUT2D eigenvalue weighted by molar-refractivity contribution is 0.254. The van der Waals surface area contributed by atoms with Crippen LogP contribution >= 0.6 is 0 Å². The maximum Gasteiger partial charge on any atom is 0.419 e. The molecule has 0 aliphatic heterocycles. The third kappa shape index (κ3) is 1.16. The topological polar surface area (TPSA) is 61.2 Å². The molecule has 84 valence electrons. The summed E-state index contributed by atoms with van der Waals surface area (Å²) in [4.78, 5) is 11.3. The summed E-state index contributed by atoms with van der Waals surface area (Å²) in [6.45, 7) is 0. The second-order valence-corrected chi connectivity index (χ2v) is 4.62. The highest BCUT2D eigenvalue weighted by molar-refractivity contribution is 5.74. The minimum Gasteiger partial charge on any atom is -0.408 e. The van der Waals surface area contributed by atoms with Gasteiger partial charge < -0.3 is 10.2 Å². The van der Waals surface area contributed by atoms with Crippen molar-refractivity contribution in [3.63, 3.8) is 0 Å². The fourth-order valence-electron chi connectivity index (χ4n) is 2.28. The van der Waals surface area contributed by atoms with Crippen LogP contribution in [0.4, 0.5) is 0 Å². The largest absolute Gasteiger partial charge is 0.419 e. The fraction of sp³-hybridized carbons (Fsp3) is 0.417. The molecule has 1 aliphatic carbocycles. The molecule has 3 rings (SSSR count). The summed E-state index contributed by atoms with van der Waals surface area (Å²) in [6.07, 6.45) is 3.22. The van der Waals surface area contributed by atoms with E-state index in [1.54, 1.807) is 7.05 Å². The molecule has 0 bridgehead atoms. The van der Waals surface area contributed by atoms with Crippen LogP contribution < -0.4 is 11.5 Å². The molecule has 0 atom stereocenters. The first-order chi connectivity index (χ1) is 7.60. The molecule has 0 amide bonds. The van der Waals surface area contributed by atoms with Crippen LogP contribution in [-0.2, 0) is 12.6 Å². The lowest BCUT2D eigenvalue weighted by Crippen LogP contribution is -2.43. The highest BCUT2D eigenvalue weighted by Gasteiger charge is 2.34. The number of oxazole rings is 1. The predicted octanol–water partition coefficient (Wildman–Crippen LogP) is 1.47. The molecule has 0 saturated heterocycles. The van der Waals surface area contributed by atoms with Gasteiger partial charge in [-0.15, -0.1) is 0 Å². The number of rotatable bonds is 1. The van der Waals surface area contributed by atoms with Gasteiger partial charge >= 0.3 is 5.76 Å². The van der Waals surface area contributed by atoms with E-state index in [0.29, 0.717) is 5.58 Å². The minimum atomic E-state index is -0.327. The average molecular weight is 218 g/mol. The van der Waals surface area contributed by atoms with Gasteiger partial charge in [0.1, 0.15) is 0 Å². The van der Waals surface area contributed by atoms with Gasteiger partial charge in [0.2, 0.25) is 0 Å². The Morgan fingerprint density at radius 1 is 1.44 bits per heavy atom. The molecular formula is C12H14N2O2. The summed E-state index contributed by atoms with van der Waals surface area (Å²) in [5.41, 5.74) is 8.60. The minimum absolute atomic E-state index is 0.193. The van der Waals surface area contributed by atoms with Gasteiger partial charge in [0.05, 0.1) is 5.52 Å². The molecule has 1 saturated carbocycles. The van der Waals surface area contributed by atoms with Gasteiger partial charge in [0.25, 0.3) is 0 Å². The van der Waals surface area contributed by atoms with E-state index in [2.05, 4.69) is 0 Å². The third-order valence-corrected chi connectivity index (χ3v) is 3.61. The van der Waals surface area contributed by atoms with E-state index in [1.165, 1.54) is 11.0 Å². The van der Waals surface area contributed by atoms with Crippen LogP contribution in [0.15, 0.2) is 27.4 Å². The standard InChI is InChI=1S/C12H14N2O2/c1-14-9-7-8(12(13)5-2-6-12)3-4-10(9)16-11(14)15/h3-4,7H,2,5-6,13H2,1H3. The summed E-state index contributed by atoms with van der Waals surface area (Å²) in [5.74, 6) is -0.327. The zero-order valence-electron chi connectivity index (χ0n) is 9.19. The average Bonchev–Trinajstić information content (AvgIpc) is 2.51. The Morgan fingerprint density at radius 2 is 2.19 bits per heavy atom. The maximum absolute atomic E-state index is 11.3. The molecule has 1 aromatic heterocycles. The first kappa shape index (κ1) is 9.66. The molecule has 1 aliphatic rings. The number of aryl methyl sites for hydroxylation is 1. The number of nitrogens with two attached hydrogens (primary N) is 1. The zero-order chi connectivity index (χ0) is 11.3. The number of nitrogens with zero attached hydrogens (tertiary/aromatic N) is 1. The van der Waals surface area contributed by atoms with Gasteiger partial charge in [0.15, 0.2) is 5.58 Å².